The van der Waals surface area contributed by atoms with Gasteiger partial charge in [-0.05, 0) is 48.4 Å². The van der Waals surface area contributed by atoms with Crippen LogP contribution in [0.15, 0.2) is 84.0 Å². The third kappa shape index (κ3) is 4.64. The van der Waals surface area contributed by atoms with Crippen molar-refractivity contribution >= 4 is 51.5 Å². The van der Waals surface area contributed by atoms with Crippen LogP contribution in [0.5, 0.6) is 0 Å². The number of anilines is 1. The van der Waals surface area contributed by atoms with E-state index in [1.807, 2.05) is 47.7 Å². The maximum absolute atomic E-state index is 13.5. The number of amides is 1. The van der Waals surface area contributed by atoms with E-state index >= 15 is 0 Å². The molecular weight excluding hydrogens is 509 g/mol. The van der Waals surface area contributed by atoms with Gasteiger partial charge in [0.15, 0.2) is 10.8 Å². The Morgan fingerprint density at radius 2 is 1.72 bits per heavy atom. The Kier molecular flexibility index (Phi) is 6.36. The number of alkyl halides is 3. The number of aromatic nitrogens is 3. The molecule has 3 aromatic carbocycles. The van der Waals surface area contributed by atoms with E-state index in [0.29, 0.717) is 16.4 Å². The first-order valence-corrected chi connectivity index (χ1v) is 12.1. The van der Waals surface area contributed by atoms with E-state index < -0.39 is 22.9 Å². The van der Waals surface area contributed by atoms with E-state index in [1.54, 1.807) is 24.3 Å². The molecule has 0 aliphatic carbocycles. The smallest absolute Gasteiger partial charge is 0.323 e. The van der Waals surface area contributed by atoms with Gasteiger partial charge in [-0.15, -0.1) is 10.2 Å². The number of carbonyl (C=O) groups excluding carboxylic acids is 1. The number of aryl methyl sites for hydroxylation is 1. The quantitative estimate of drug-likeness (QED) is 0.243. The van der Waals surface area contributed by atoms with Crippen molar-refractivity contribution in [3.63, 3.8) is 0 Å². The molecule has 5 nitrogen and oxygen atoms in total. The molecule has 0 bridgehead atoms. The van der Waals surface area contributed by atoms with Crippen molar-refractivity contribution in [2.45, 2.75) is 23.5 Å². The minimum Gasteiger partial charge on any atom is -0.323 e. The zero-order chi connectivity index (χ0) is 25.4. The molecule has 1 amide bonds. The number of nitrogens with zero attached hydrogens (tertiary/aromatic N) is 3. The van der Waals surface area contributed by atoms with Crippen LogP contribution in [-0.4, -0.2) is 20.5 Å². The molecule has 5 rings (SSSR count). The molecule has 5 aromatic rings. The second kappa shape index (κ2) is 9.48. The minimum atomic E-state index is -4.57. The van der Waals surface area contributed by atoms with Crippen LogP contribution in [-0.2, 0) is 11.0 Å². The molecule has 36 heavy (non-hydrogen) atoms. The fraction of sp³-hybridized carbons (Fsp3) is 0.115. The van der Waals surface area contributed by atoms with E-state index in [2.05, 4.69) is 15.5 Å². The lowest BCUT2D eigenvalue weighted by Crippen LogP contribution is -2.20. The van der Waals surface area contributed by atoms with Crippen LogP contribution >= 0.6 is 23.4 Å². The van der Waals surface area contributed by atoms with Gasteiger partial charge in [-0.3, -0.25) is 9.20 Å². The van der Waals surface area contributed by atoms with E-state index in [1.165, 1.54) is 0 Å². The highest BCUT2D eigenvalue weighted by molar-refractivity contribution is 8.00. The number of para-hydroxylation sites is 1. The number of hydrogen-bond acceptors (Lipinski definition) is 4. The Balaban J connectivity index is 1.56. The fourth-order valence-electron chi connectivity index (χ4n) is 3.95. The Morgan fingerprint density at radius 1 is 1.00 bits per heavy atom. The monoisotopic (exact) mass is 526 g/mol. The second-order valence-electron chi connectivity index (χ2n) is 8.11. The lowest BCUT2D eigenvalue weighted by atomic mass is 10.1. The fourth-order valence-corrected chi connectivity index (χ4v) is 5.17. The third-order valence-electron chi connectivity index (χ3n) is 5.69. The average Bonchev–Trinajstić information content (AvgIpc) is 3.26. The Morgan fingerprint density at radius 3 is 2.47 bits per heavy atom. The Hall–Kier alpha value is -3.56. The highest BCUT2D eigenvalue weighted by Crippen LogP contribution is 2.39. The maximum Gasteiger partial charge on any atom is 0.416 e. The van der Waals surface area contributed by atoms with Crippen LogP contribution in [0.1, 0.15) is 21.9 Å². The third-order valence-corrected chi connectivity index (χ3v) is 7.22. The second-order valence-corrected chi connectivity index (χ2v) is 9.59. The first-order valence-electron chi connectivity index (χ1n) is 10.8. The van der Waals surface area contributed by atoms with E-state index in [4.69, 9.17) is 11.6 Å². The van der Waals surface area contributed by atoms with Gasteiger partial charge in [0.25, 0.3) is 0 Å². The van der Waals surface area contributed by atoms with Crippen LogP contribution in [0.4, 0.5) is 18.9 Å². The van der Waals surface area contributed by atoms with Gasteiger partial charge in [-0.2, -0.15) is 13.2 Å². The topological polar surface area (TPSA) is 59.3 Å². The van der Waals surface area contributed by atoms with E-state index in [-0.39, 0.29) is 10.7 Å². The normalized spacial score (nSPS) is 12.7. The average molecular weight is 527 g/mol. The molecule has 0 unspecified atom stereocenters. The van der Waals surface area contributed by atoms with Gasteiger partial charge in [0.05, 0.1) is 21.8 Å². The van der Waals surface area contributed by atoms with E-state index in [9.17, 15) is 18.0 Å². The van der Waals surface area contributed by atoms with Crippen molar-refractivity contribution < 1.29 is 18.0 Å². The first kappa shape index (κ1) is 24.1. The molecule has 0 saturated carbocycles. The molecule has 1 N–H and O–H groups in total. The summed E-state index contributed by atoms with van der Waals surface area (Å²) in [4.78, 5) is 13.5. The number of thioether (sulfide) groups is 1. The Labute approximate surface area is 213 Å². The lowest BCUT2D eigenvalue weighted by molar-refractivity contribution is -0.137. The van der Waals surface area contributed by atoms with Crippen molar-refractivity contribution in [2.24, 2.45) is 0 Å². The van der Waals surface area contributed by atoms with Crippen molar-refractivity contribution in [2.75, 3.05) is 5.32 Å². The van der Waals surface area contributed by atoms with Gasteiger partial charge >= 0.3 is 6.18 Å². The number of nitrogens with one attached hydrogen (secondary N) is 1. The molecule has 0 aliphatic heterocycles. The van der Waals surface area contributed by atoms with Crippen LogP contribution in [0, 0.1) is 6.92 Å². The highest BCUT2D eigenvalue weighted by Gasteiger charge is 2.32. The summed E-state index contributed by atoms with van der Waals surface area (Å²) in [5.41, 5.74) is 2.17. The first-order chi connectivity index (χ1) is 17.2. The molecular formula is C26H18ClF3N4OS. The summed E-state index contributed by atoms with van der Waals surface area (Å²) < 4.78 is 41.6. The zero-order valence-electron chi connectivity index (χ0n) is 18.8. The lowest BCUT2D eigenvalue weighted by Gasteiger charge is -2.18. The number of fused-ring (bicyclic) bond motifs is 3. The predicted molar refractivity (Wildman–Crippen MR) is 135 cm³/mol. The standard InChI is InChI=1S/C26H18ClF3N4OS/c1-15-13-22-32-33-25(34(22)21-10-6-5-9-18(15)21)36-23(16-7-3-2-4-8-16)24(35)31-20-14-17(26(28,29)30)11-12-19(20)27/h2-14,23H,1H3,(H,31,35)/t23-/m0/s1. The van der Waals surface area contributed by atoms with E-state index in [0.717, 1.165) is 46.4 Å². The number of benzene rings is 3. The summed E-state index contributed by atoms with van der Waals surface area (Å²) in [6.07, 6.45) is -4.57. The molecule has 0 spiro atoms. The largest absolute Gasteiger partial charge is 0.416 e. The molecule has 0 aliphatic rings. The predicted octanol–water partition coefficient (Wildman–Crippen LogP) is 7.34. The summed E-state index contributed by atoms with van der Waals surface area (Å²) in [6.45, 7) is 1.99. The highest BCUT2D eigenvalue weighted by atomic mass is 35.5. The van der Waals surface area contributed by atoms with Crippen LogP contribution in [0.25, 0.3) is 16.6 Å². The summed E-state index contributed by atoms with van der Waals surface area (Å²) in [6, 6.07) is 21.5. The SMILES string of the molecule is Cc1cc2nnc(S[C@H](C(=O)Nc3cc(C(F)(F)F)ccc3Cl)c3ccccc3)n2c2ccccc12. The van der Waals surface area contributed by atoms with Gasteiger partial charge in [0, 0.05) is 5.39 Å². The number of pyridine rings is 1. The molecule has 0 fully saturated rings. The molecule has 2 aromatic heterocycles. The molecule has 2 heterocycles. The summed E-state index contributed by atoms with van der Waals surface area (Å²) in [5, 5.41) is 11.8. The minimum absolute atomic E-state index is 0.00237. The Bertz CT molecular complexity index is 1590. The van der Waals surface area contributed by atoms with Gasteiger partial charge < -0.3 is 5.32 Å². The van der Waals surface area contributed by atoms with Gasteiger partial charge in [-0.25, -0.2) is 0 Å². The number of carbonyl (C=O) groups is 1. The van der Waals surface area contributed by atoms with Gasteiger partial charge in [0.2, 0.25) is 5.91 Å². The molecule has 0 saturated heterocycles. The van der Waals surface area contributed by atoms with Crippen molar-refractivity contribution in [3.05, 3.63) is 101 Å². The number of halogens is 4. The van der Waals surface area contributed by atoms with Crippen molar-refractivity contribution in [1.29, 1.82) is 0 Å². The molecule has 10 heteroatoms. The number of rotatable bonds is 5. The van der Waals surface area contributed by atoms with Crippen molar-refractivity contribution in [1.82, 2.24) is 14.6 Å². The molecule has 1 atom stereocenters. The van der Waals surface area contributed by atoms with Gasteiger partial charge in [0.1, 0.15) is 5.25 Å². The van der Waals surface area contributed by atoms with Crippen LogP contribution < -0.4 is 5.32 Å². The summed E-state index contributed by atoms with van der Waals surface area (Å²) in [7, 11) is 0. The molecule has 0 radical (unpaired) electrons. The van der Waals surface area contributed by atoms with Crippen LogP contribution in [0.3, 0.4) is 0 Å². The zero-order valence-corrected chi connectivity index (χ0v) is 20.3. The summed E-state index contributed by atoms with van der Waals surface area (Å²) >= 11 is 7.28. The number of hydrogen-bond donors (Lipinski definition) is 1. The van der Waals surface area contributed by atoms with Gasteiger partial charge in [-0.1, -0.05) is 71.9 Å². The van der Waals surface area contributed by atoms with Crippen molar-refractivity contribution in [3.8, 4) is 0 Å². The summed E-state index contributed by atoms with van der Waals surface area (Å²) in [5.74, 6) is -0.541. The van der Waals surface area contributed by atoms with Crippen LogP contribution in [0.2, 0.25) is 5.02 Å². The molecule has 182 valence electrons. The maximum atomic E-state index is 13.5.